The summed E-state index contributed by atoms with van der Waals surface area (Å²) in [6, 6.07) is 10.1. The third-order valence-corrected chi connectivity index (χ3v) is 3.47. The van der Waals surface area contributed by atoms with Crippen molar-refractivity contribution in [1.82, 2.24) is 19.5 Å². The zero-order valence-electron chi connectivity index (χ0n) is 12.4. The lowest BCUT2D eigenvalue weighted by Crippen LogP contribution is -2.07. The minimum Gasteiger partial charge on any atom is -0.354 e. The Morgan fingerprint density at radius 2 is 2.00 bits per heavy atom. The zero-order chi connectivity index (χ0) is 14.7. The molecule has 2 aromatic heterocycles. The molecule has 5 nitrogen and oxygen atoms in total. The standard InChI is InChI=1S/C16H19N5/c1-3-9-17-16-18-10-8-12(19-16)11-15-20-13-6-4-5-7-14(13)21(15)2/h4-8,10H,3,9,11H2,1-2H3,(H,17,18,19). The molecule has 1 aromatic carbocycles. The molecule has 0 aliphatic rings. The molecule has 1 N–H and O–H groups in total. The van der Waals surface area contributed by atoms with Gasteiger partial charge in [-0.05, 0) is 24.6 Å². The molecular weight excluding hydrogens is 262 g/mol. The largest absolute Gasteiger partial charge is 0.354 e. The van der Waals surface area contributed by atoms with Crippen molar-refractivity contribution in [3.63, 3.8) is 0 Å². The number of anilines is 1. The molecule has 0 spiro atoms. The molecule has 0 fully saturated rings. The lowest BCUT2D eigenvalue weighted by atomic mass is 10.3. The highest BCUT2D eigenvalue weighted by atomic mass is 15.1. The smallest absolute Gasteiger partial charge is 0.222 e. The van der Waals surface area contributed by atoms with Crippen molar-refractivity contribution < 1.29 is 0 Å². The summed E-state index contributed by atoms with van der Waals surface area (Å²) in [5, 5.41) is 3.21. The molecule has 0 radical (unpaired) electrons. The number of benzene rings is 1. The van der Waals surface area contributed by atoms with Crippen molar-refractivity contribution in [2.24, 2.45) is 7.05 Å². The van der Waals surface area contributed by atoms with Crippen LogP contribution in [0.3, 0.4) is 0 Å². The number of aromatic nitrogens is 4. The maximum atomic E-state index is 4.68. The van der Waals surface area contributed by atoms with Gasteiger partial charge in [-0.15, -0.1) is 0 Å². The summed E-state index contributed by atoms with van der Waals surface area (Å²) in [7, 11) is 2.04. The van der Waals surface area contributed by atoms with Gasteiger partial charge in [-0.1, -0.05) is 19.1 Å². The van der Waals surface area contributed by atoms with Gasteiger partial charge in [0.2, 0.25) is 5.95 Å². The number of aryl methyl sites for hydroxylation is 1. The zero-order valence-corrected chi connectivity index (χ0v) is 12.4. The van der Waals surface area contributed by atoms with Crippen molar-refractivity contribution in [2.45, 2.75) is 19.8 Å². The third-order valence-electron chi connectivity index (χ3n) is 3.47. The topological polar surface area (TPSA) is 55.6 Å². The van der Waals surface area contributed by atoms with E-state index in [-0.39, 0.29) is 0 Å². The van der Waals surface area contributed by atoms with E-state index in [2.05, 4.69) is 37.8 Å². The molecule has 2 heterocycles. The highest BCUT2D eigenvalue weighted by molar-refractivity contribution is 5.75. The van der Waals surface area contributed by atoms with Crippen LogP contribution < -0.4 is 5.32 Å². The van der Waals surface area contributed by atoms with Crippen molar-refractivity contribution >= 4 is 17.0 Å². The van der Waals surface area contributed by atoms with Crippen molar-refractivity contribution in [2.75, 3.05) is 11.9 Å². The van der Waals surface area contributed by atoms with Crippen molar-refractivity contribution in [1.29, 1.82) is 0 Å². The number of rotatable bonds is 5. The number of nitrogens with zero attached hydrogens (tertiary/aromatic N) is 4. The monoisotopic (exact) mass is 281 g/mol. The summed E-state index contributed by atoms with van der Waals surface area (Å²) >= 11 is 0. The van der Waals surface area contributed by atoms with E-state index in [1.54, 1.807) is 6.20 Å². The quantitative estimate of drug-likeness (QED) is 0.781. The molecule has 0 saturated carbocycles. The van der Waals surface area contributed by atoms with E-state index in [0.29, 0.717) is 12.4 Å². The molecule has 0 saturated heterocycles. The van der Waals surface area contributed by atoms with E-state index < -0.39 is 0 Å². The summed E-state index contributed by atoms with van der Waals surface area (Å²) in [6.45, 7) is 3.01. The minimum atomic E-state index is 0.688. The van der Waals surface area contributed by atoms with Crippen LogP contribution in [0.15, 0.2) is 36.5 Å². The number of nitrogens with one attached hydrogen (secondary N) is 1. The molecule has 3 rings (SSSR count). The first-order valence-electron chi connectivity index (χ1n) is 7.24. The summed E-state index contributed by atoms with van der Waals surface area (Å²) in [4.78, 5) is 13.5. The maximum Gasteiger partial charge on any atom is 0.222 e. The third kappa shape index (κ3) is 2.86. The number of hydrogen-bond donors (Lipinski definition) is 1. The van der Waals surface area contributed by atoms with Gasteiger partial charge in [0.1, 0.15) is 5.82 Å². The van der Waals surface area contributed by atoms with E-state index in [4.69, 9.17) is 0 Å². The van der Waals surface area contributed by atoms with Gasteiger partial charge in [0.25, 0.3) is 0 Å². The van der Waals surface area contributed by atoms with Crippen LogP contribution in [-0.4, -0.2) is 26.1 Å². The molecular formula is C16H19N5. The molecule has 3 aromatic rings. The van der Waals surface area contributed by atoms with Gasteiger partial charge in [-0.2, -0.15) is 0 Å². The molecule has 0 aliphatic heterocycles. The SMILES string of the molecule is CCCNc1nccc(Cc2nc3ccccc3n2C)n1. The fourth-order valence-corrected chi connectivity index (χ4v) is 2.33. The number of para-hydroxylation sites is 2. The van der Waals surface area contributed by atoms with Crippen LogP contribution in [-0.2, 0) is 13.5 Å². The Morgan fingerprint density at radius 1 is 1.14 bits per heavy atom. The fourth-order valence-electron chi connectivity index (χ4n) is 2.33. The summed E-state index contributed by atoms with van der Waals surface area (Å²) in [5.41, 5.74) is 3.14. The highest BCUT2D eigenvalue weighted by Crippen LogP contribution is 2.16. The molecule has 21 heavy (non-hydrogen) atoms. The minimum absolute atomic E-state index is 0.688. The molecule has 0 unspecified atom stereocenters. The van der Waals surface area contributed by atoms with Gasteiger partial charge in [0.05, 0.1) is 16.7 Å². The summed E-state index contributed by atoms with van der Waals surface area (Å²) in [5.74, 6) is 1.70. The first kappa shape index (κ1) is 13.5. The normalized spacial score (nSPS) is 11.0. The average molecular weight is 281 g/mol. The van der Waals surface area contributed by atoms with Gasteiger partial charge < -0.3 is 9.88 Å². The molecule has 0 bridgehead atoms. The van der Waals surface area contributed by atoms with Gasteiger partial charge in [0, 0.05) is 26.2 Å². The number of hydrogen-bond acceptors (Lipinski definition) is 4. The second-order valence-corrected chi connectivity index (χ2v) is 5.05. The van der Waals surface area contributed by atoms with E-state index >= 15 is 0 Å². The Morgan fingerprint density at radius 3 is 2.81 bits per heavy atom. The van der Waals surface area contributed by atoms with Crippen LogP contribution in [0.2, 0.25) is 0 Å². The Labute approximate surface area is 124 Å². The van der Waals surface area contributed by atoms with E-state index in [1.807, 2.05) is 31.3 Å². The average Bonchev–Trinajstić information content (AvgIpc) is 2.82. The van der Waals surface area contributed by atoms with Crippen LogP contribution >= 0.6 is 0 Å². The van der Waals surface area contributed by atoms with Crippen molar-refractivity contribution in [3.8, 4) is 0 Å². The van der Waals surface area contributed by atoms with Gasteiger partial charge >= 0.3 is 0 Å². The van der Waals surface area contributed by atoms with Crippen LogP contribution in [0.1, 0.15) is 24.9 Å². The number of imidazole rings is 1. The Balaban J connectivity index is 1.86. The first-order valence-corrected chi connectivity index (χ1v) is 7.24. The molecule has 5 heteroatoms. The van der Waals surface area contributed by atoms with Gasteiger partial charge in [-0.25, -0.2) is 15.0 Å². The number of fused-ring (bicyclic) bond motifs is 1. The summed E-state index contributed by atoms with van der Waals surface area (Å²) in [6.07, 6.45) is 3.55. The molecule has 0 amide bonds. The molecule has 108 valence electrons. The first-order chi connectivity index (χ1) is 10.3. The van der Waals surface area contributed by atoms with E-state index in [1.165, 1.54) is 0 Å². The van der Waals surface area contributed by atoms with Crippen LogP contribution in [0.4, 0.5) is 5.95 Å². The van der Waals surface area contributed by atoms with E-state index in [9.17, 15) is 0 Å². The Kier molecular flexibility index (Phi) is 3.81. The second-order valence-electron chi connectivity index (χ2n) is 5.05. The lowest BCUT2D eigenvalue weighted by molar-refractivity contribution is 0.828. The Bertz CT molecular complexity index is 747. The molecule has 0 aliphatic carbocycles. The summed E-state index contributed by atoms with van der Waals surface area (Å²) < 4.78 is 2.12. The second kappa shape index (κ2) is 5.91. The van der Waals surface area contributed by atoms with Crippen LogP contribution in [0, 0.1) is 0 Å². The van der Waals surface area contributed by atoms with Crippen LogP contribution in [0.25, 0.3) is 11.0 Å². The van der Waals surface area contributed by atoms with E-state index in [0.717, 1.165) is 35.5 Å². The van der Waals surface area contributed by atoms with Gasteiger partial charge in [-0.3, -0.25) is 0 Å². The van der Waals surface area contributed by atoms with Crippen molar-refractivity contribution in [3.05, 3.63) is 48.0 Å². The van der Waals surface area contributed by atoms with Gasteiger partial charge in [0.15, 0.2) is 0 Å². The molecule has 0 atom stereocenters. The Hall–Kier alpha value is -2.43. The predicted molar refractivity (Wildman–Crippen MR) is 84.3 cm³/mol. The predicted octanol–water partition coefficient (Wildman–Crippen LogP) is 2.78. The van der Waals surface area contributed by atoms with Crippen LogP contribution in [0.5, 0.6) is 0 Å². The fraction of sp³-hybridized carbons (Fsp3) is 0.312. The lowest BCUT2D eigenvalue weighted by Gasteiger charge is -2.05. The maximum absolute atomic E-state index is 4.68. The highest BCUT2D eigenvalue weighted by Gasteiger charge is 2.09.